The Morgan fingerprint density at radius 2 is 2.00 bits per heavy atom. The molecule has 1 rings (SSSR count). The second kappa shape index (κ2) is 9.73. The van der Waals surface area contributed by atoms with Crippen LogP contribution in [0.5, 0.6) is 0 Å². The van der Waals surface area contributed by atoms with Crippen molar-refractivity contribution in [2.24, 2.45) is 0 Å². The lowest BCUT2D eigenvalue weighted by atomic mass is 10.1. The number of nitrogens with one attached hydrogen (secondary N) is 1. The summed E-state index contributed by atoms with van der Waals surface area (Å²) in [5.74, 6) is 0. The highest BCUT2D eigenvalue weighted by atomic mass is 16.5. The maximum atomic E-state index is 5.72. The van der Waals surface area contributed by atoms with Crippen LogP contribution >= 0.6 is 0 Å². The predicted octanol–water partition coefficient (Wildman–Crippen LogP) is 3.04. The van der Waals surface area contributed by atoms with Crippen LogP contribution in [0, 0.1) is 0 Å². The molecule has 0 aromatic rings. The Hall–Kier alpha value is -0.120. The van der Waals surface area contributed by atoms with E-state index in [1.54, 1.807) is 0 Å². The molecule has 0 bridgehead atoms. The van der Waals surface area contributed by atoms with Gasteiger partial charge in [-0.25, -0.2) is 0 Å². The first-order chi connectivity index (χ1) is 9.15. The Kier molecular flexibility index (Phi) is 8.67. The van der Waals surface area contributed by atoms with Crippen LogP contribution in [0.3, 0.4) is 0 Å². The zero-order chi connectivity index (χ0) is 14.1. The Bertz CT molecular complexity index is 215. The van der Waals surface area contributed by atoms with E-state index < -0.39 is 0 Å². The molecule has 0 amide bonds. The van der Waals surface area contributed by atoms with Crippen LogP contribution < -0.4 is 5.32 Å². The summed E-state index contributed by atoms with van der Waals surface area (Å²) < 4.78 is 5.72. The van der Waals surface area contributed by atoms with Crippen LogP contribution in [-0.2, 0) is 4.74 Å². The lowest BCUT2D eigenvalue weighted by Crippen LogP contribution is -2.43. The van der Waals surface area contributed by atoms with Crippen molar-refractivity contribution in [3.63, 3.8) is 0 Å². The zero-order valence-electron chi connectivity index (χ0n) is 13.5. The summed E-state index contributed by atoms with van der Waals surface area (Å²) in [5.41, 5.74) is 0. The van der Waals surface area contributed by atoms with Gasteiger partial charge in [0.2, 0.25) is 0 Å². The van der Waals surface area contributed by atoms with Gasteiger partial charge in [0.25, 0.3) is 0 Å². The number of unbranched alkanes of at least 4 members (excludes halogenated alkanes) is 2. The molecule has 0 aromatic heterocycles. The molecule has 3 nitrogen and oxygen atoms in total. The Morgan fingerprint density at radius 1 is 1.21 bits per heavy atom. The second-order valence-corrected chi connectivity index (χ2v) is 6.13. The molecule has 1 fully saturated rings. The van der Waals surface area contributed by atoms with Crippen LogP contribution in [0.25, 0.3) is 0 Å². The molecule has 0 aliphatic carbocycles. The van der Waals surface area contributed by atoms with Crippen LogP contribution in [-0.4, -0.2) is 49.3 Å². The fraction of sp³-hybridized carbons (Fsp3) is 1.00. The van der Waals surface area contributed by atoms with E-state index in [9.17, 15) is 0 Å². The third kappa shape index (κ3) is 6.73. The summed E-state index contributed by atoms with van der Waals surface area (Å²) in [6, 6.07) is 1.14. The Balaban J connectivity index is 2.15. The van der Waals surface area contributed by atoms with Gasteiger partial charge in [-0.2, -0.15) is 0 Å². The summed E-state index contributed by atoms with van der Waals surface area (Å²) >= 11 is 0. The number of hydrogen-bond acceptors (Lipinski definition) is 3. The SMILES string of the molecule is CCCCCN(CCNC(C)C1CCCO1)C(C)C. The molecule has 114 valence electrons. The standard InChI is InChI=1S/C16H34N2O/c1-5-6-7-11-18(14(2)3)12-10-17-15(4)16-9-8-13-19-16/h14-17H,5-13H2,1-4H3. The number of rotatable bonds is 10. The van der Waals surface area contributed by atoms with Gasteiger partial charge in [0.15, 0.2) is 0 Å². The molecule has 1 N–H and O–H groups in total. The first-order valence-electron chi connectivity index (χ1n) is 8.24. The fourth-order valence-corrected chi connectivity index (χ4v) is 2.76. The third-order valence-electron chi connectivity index (χ3n) is 4.17. The van der Waals surface area contributed by atoms with Crippen molar-refractivity contribution < 1.29 is 4.74 Å². The largest absolute Gasteiger partial charge is 0.377 e. The second-order valence-electron chi connectivity index (χ2n) is 6.13. The van der Waals surface area contributed by atoms with Gasteiger partial charge in [-0.3, -0.25) is 4.90 Å². The first kappa shape index (κ1) is 16.9. The maximum Gasteiger partial charge on any atom is 0.0726 e. The van der Waals surface area contributed by atoms with Crippen molar-refractivity contribution >= 4 is 0 Å². The number of hydrogen-bond donors (Lipinski definition) is 1. The first-order valence-corrected chi connectivity index (χ1v) is 8.24. The van der Waals surface area contributed by atoms with Gasteiger partial charge < -0.3 is 10.1 Å². The lowest BCUT2D eigenvalue weighted by molar-refractivity contribution is 0.0820. The van der Waals surface area contributed by atoms with Gasteiger partial charge in [0, 0.05) is 31.8 Å². The maximum absolute atomic E-state index is 5.72. The van der Waals surface area contributed by atoms with Gasteiger partial charge in [0.1, 0.15) is 0 Å². The molecule has 1 heterocycles. The van der Waals surface area contributed by atoms with Crippen LogP contribution in [0.1, 0.15) is 59.8 Å². The summed E-state index contributed by atoms with van der Waals surface area (Å²) in [7, 11) is 0. The zero-order valence-corrected chi connectivity index (χ0v) is 13.5. The van der Waals surface area contributed by atoms with Crippen LogP contribution in [0.2, 0.25) is 0 Å². The van der Waals surface area contributed by atoms with Crippen molar-refractivity contribution in [1.82, 2.24) is 10.2 Å². The minimum atomic E-state index is 0.438. The monoisotopic (exact) mass is 270 g/mol. The molecule has 3 heteroatoms. The average Bonchev–Trinajstić information content (AvgIpc) is 2.90. The number of nitrogens with zero attached hydrogens (tertiary/aromatic N) is 1. The molecule has 0 saturated carbocycles. The summed E-state index contributed by atoms with van der Waals surface area (Å²) in [5, 5.41) is 3.63. The average molecular weight is 270 g/mol. The van der Waals surface area contributed by atoms with Gasteiger partial charge in [0.05, 0.1) is 6.10 Å². The van der Waals surface area contributed by atoms with E-state index in [4.69, 9.17) is 4.74 Å². The Labute approximate surface area is 120 Å². The molecule has 1 saturated heterocycles. The number of ether oxygens (including phenoxy) is 1. The third-order valence-corrected chi connectivity index (χ3v) is 4.17. The van der Waals surface area contributed by atoms with E-state index in [1.807, 2.05) is 0 Å². The molecular formula is C16H34N2O. The molecule has 2 unspecified atom stereocenters. The van der Waals surface area contributed by atoms with Crippen LogP contribution in [0.4, 0.5) is 0 Å². The summed E-state index contributed by atoms with van der Waals surface area (Å²) in [4.78, 5) is 2.59. The van der Waals surface area contributed by atoms with E-state index in [0.29, 0.717) is 18.2 Å². The van der Waals surface area contributed by atoms with Gasteiger partial charge >= 0.3 is 0 Å². The topological polar surface area (TPSA) is 24.5 Å². The highest BCUT2D eigenvalue weighted by molar-refractivity contribution is 4.77. The van der Waals surface area contributed by atoms with Crippen molar-refractivity contribution in [3.05, 3.63) is 0 Å². The molecule has 2 atom stereocenters. The van der Waals surface area contributed by atoms with Gasteiger partial charge in [-0.05, 0) is 46.6 Å². The van der Waals surface area contributed by atoms with Crippen molar-refractivity contribution in [2.75, 3.05) is 26.2 Å². The molecule has 0 radical (unpaired) electrons. The smallest absolute Gasteiger partial charge is 0.0726 e. The Morgan fingerprint density at radius 3 is 2.58 bits per heavy atom. The quantitative estimate of drug-likeness (QED) is 0.618. The predicted molar refractivity (Wildman–Crippen MR) is 82.7 cm³/mol. The van der Waals surface area contributed by atoms with Gasteiger partial charge in [-0.1, -0.05) is 19.8 Å². The van der Waals surface area contributed by atoms with E-state index in [1.165, 1.54) is 38.6 Å². The van der Waals surface area contributed by atoms with E-state index >= 15 is 0 Å². The van der Waals surface area contributed by atoms with Crippen LogP contribution in [0.15, 0.2) is 0 Å². The lowest BCUT2D eigenvalue weighted by Gasteiger charge is -2.28. The van der Waals surface area contributed by atoms with Crippen molar-refractivity contribution in [1.29, 1.82) is 0 Å². The minimum absolute atomic E-state index is 0.438. The summed E-state index contributed by atoms with van der Waals surface area (Å²) in [6.45, 7) is 13.5. The van der Waals surface area contributed by atoms with E-state index in [2.05, 4.69) is 37.9 Å². The highest BCUT2D eigenvalue weighted by Gasteiger charge is 2.21. The minimum Gasteiger partial charge on any atom is -0.377 e. The molecule has 19 heavy (non-hydrogen) atoms. The van der Waals surface area contributed by atoms with Crippen molar-refractivity contribution in [2.45, 2.75) is 78.0 Å². The van der Waals surface area contributed by atoms with E-state index in [-0.39, 0.29) is 0 Å². The molecule has 1 aliphatic rings. The normalized spacial score (nSPS) is 21.5. The molecule has 0 aromatic carbocycles. The highest BCUT2D eigenvalue weighted by Crippen LogP contribution is 2.15. The molecular weight excluding hydrogens is 236 g/mol. The summed E-state index contributed by atoms with van der Waals surface area (Å²) in [6.07, 6.45) is 6.87. The van der Waals surface area contributed by atoms with Crippen molar-refractivity contribution in [3.8, 4) is 0 Å². The molecule has 0 spiro atoms. The fourth-order valence-electron chi connectivity index (χ4n) is 2.76. The van der Waals surface area contributed by atoms with E-state index in [0.717, 1.165) is 19.7 Å². The van der Waals surface area contributed by atoms with Gasteiger partial charge in [-0.15, -0.1) is 0 Å². The molecule has 1 aliphatic heterocycles.